The van der Waals surface area contributed by atoms with E-state index in [1.807, 2.05) is 13.0 Å². The molecule has 0 amide bonds. The molecule has 0 aliphatic carbocycles. The Kier molecular flexibility index (Phi) is 10.6. The van der Waals surface area contributed by atoms with E-state index in [0.717, 1.165) is 50.9 Å². The van der Waals surface area contributed by atoms with Crippen LogP contribution in [0.4, 0.5) is 4.39 Å². The van der Waals surface area contributed by atoms with Crippen LogP contribution in [0.15, 0.2) is 47.6 Å². The van der Waals surface area contributed by atoms with Crippen LogP contribution >= 0.6 is 24.0 Å². The number of ether oxygens (including phenoxy) is 2. The van der Waals surface area contributed by atoms with Crippen molar-refractivity contribution in [2.75, 3.05) is 39.4 Å². The number of guanidine groups is 1. The van der Waals surface area contributed by atoms with E-state index in [-0.39, 0.29) is 35.3 Å². The topological polar surface area (TPSA) is 71.0 Å². The lowest BCUT2D eigenvalue weighted by molar-refractivity contribution is -0.00834. The first-order valence-electron chi connectivity index (χ1n) is 10.7. The minimum Gasteiger partial charge on any atom is -0.439 e. The molecule has 2 heterocycles. The van der Waals surface area contributed by atoms with Crippen molar-refractivity contribution < 1.29 is 13.9 Å². The molecule has 0 atom stereocenters. The molecule has 0 radical (unpaired) electrons. The molecule has 7 nitrogen and oxygen atoms in total. The van der Waals surface area contributed by atoms with Crippen LogP contribution in [-0.4, -0.2) is 60.8 Å². The molecule has 1 aliphatic rings. The highest BCUT2D eigenvalue weighted by Gasteiger charge is 2.28. The standard InChI is InChI=1S/C23H32FN5O2.HI/c1-4-25-22(28-17-23(2,3)29-10-12-30-13-11-29)27-16-18-8-9-21(26-15-18)31-20-7-5-6-19(24)14-20;/h5-9,14-15H,4,10-13,16-17H2,1-3H3,(H2,25,27,28);1H. The lowest BCUT2D eigenvalue weighted by Crippen LogP contribution is -2.56. The average Bonchev–Trinajstić information content (AvgIpc) is 2.77. The monoisotopic (exact) mass is 557 g/mol. The van der Waals surface area contributed by atoms with Crippen molar-refractivity contribution in [3.63, 3.8) is 0 Å². The third kappa shape index (κ3) is 8.18. The Hall–Kier alpha value is -1.98. The van der Waals surface area contributed by atoms with E-state index in [9.17, 15) is 4.39 Å². The number of nitrogens with zero attached hydrogens (tertiary/aromatic N) is 3. The summed E-state index contributed by atoms with van der Waals surface area (Å²) in [7, 11) is 0. The summed E-state index contributed by atoms with van der Waals surface area (Å²) >= 11 is 0. The van der Waals surface area contributed by atoms with Crippen molar-refractivity contribution in [1.82, 2.24) is 20.5 Å². The second kappa shape index (κ2) is 12.9. The largest absolute Gasteiger partial charge is 0.439 e. The third-order valence-corrected chi connectivity index (χ3v) is 5.14. The molecule has 1 fully saturated rings. The zero-order valence-electron chi connectivity index (χ0n) is 18.9. The second-order valence-electron chi connectivity index (χ2n) is 8.02. The van der Waals surface area contributed by atoms with Gasteiger partial charge in [-0.05, 0) is 38.5 Å². The van der Waals surface area contributed by atoms with E-state index in [4.69, 9.17) is 9.47 Å². The molecule has 0 bridgehead atoms. The van der Waals surface area contributed by atoms with Crippen LogP contribution in [0.1, 0.15) is 26.3 Å². The van der Waals surface area contributed by atoms with Crippen molar-refractivity contribution in [3.05, 3.63) is 54.0 Å². The predicted octanol–water partition coefficient (Wildman–Crippen LogP) is 3.80. The number of hydrogen-bond donors (Lipinski definition) is 2. The van der Waals surface area contributed by atoms with Crippen LogP contribution in [0.25, 0.3) is 0 Å². The summed E-state index contributed by atoms with van der Waals surface area (Å²) < 4.78 is 24.3. The number of aliphatic imine (C=N–C) groups is 1. The minimum atomic E-state index is -0.344. The van der Waals surface area contributed by atoms with Gasteiger partial charge in [0.2, 0.25) is 5.88 Å². The van der Waals surface area contributed by atoms with E-state index in [2.05, 4.69) is 39.4 Å². The summed E-state index contributed by atoms with van der Waals surface area (Å²) in [5.74, 6) is 1.25. The molecule has 3 rings (SSSR count). The van der Waals surface area contributed by atoms with Gasteiger partial charge in [-0.15, -0.1) is 24.0 Å². The van der Waals surface area contributed by atoms with Gasteiger partial charge in [-0.1, -0.05) is 12.1 Å². The van der Waals surface area contributed by atoms with Crippen LogP contribution < -0.4 is 15.4 Å². The van der Waals surface area contributed by atoms with E-state index < -0.39 is 0 Å². The molecule has 1 aromatic carbocycles. The lowest BCUT2D eigenvalue weighted by Gasteiger charge is -2.41. The van der Waals surface area contributed by atoms with Crippen molar-refractivity contribution in [3.8, 4) is 11.6 Å². The summed E-state index contributed by atoms with van der Waals surface area (Å²) in [5, 5.41) is 6.75. The zero-order chi connectivity index (χ0) is 22.1. The molecule has 176 valence electrons. The normalized spacial score (nSPS) is 15.1. The van der Waals surface area contributed by atoms with Crippen LogP contribution in [-0.2, 0) is 11.3 Å². The van der Waals surface area contributed by atoms with Crippen LogP contribution in [0.3, 0.4) is 0 Å². The van der Waals surface area contributed by atoms with Gasteiger partial charge in [0, 0.05) is 50.0 Å². The molecule has 0 saturated carbocycles. The first-order chi connectivity index (χ1) is 15.0. The van der Waals surface area contributed by atoms with Crippen molar-refractivity contribution in [2.45, 2.75) is 32.9 Å². The molecular weight excluding hydrogens is 524 g/mol. The number of halogens is 2. The quantitative estimate of drug-likeness (QED) is 0.293. The molecule has 32 heavy (non-hydrogen) atoms. The highest BCUT2D eigenvalue weighted by molar-refractivity contribution is 14.0. The van der Waals surface area contributed by atoms with Gasteiger partial charge in [0.1, 0.15) is 11.6 Å². The Morgan fingerprint density at radius 1 is 1.22 bits per heavy atom. The van der Waals surface area contributed by atoms with Gasteiger partial charge in [-0.3, -0.25) is 4.90 Å². The lowest BCUT2D eigenvalue weighted by atomic mass is 10.0. The van der Waals surface area contributed by atoms with Gasteiger partial charge in [0.15, 0.2) is 5.96 Å². The number of hydrogen-bond acceptors (Lipinski definition) is 5. The third-order valence-electron chi connectivity index (χ3n) is 5.14. The molecule has 1 aliphatic heterocycles. The Labute approximate surface area is 206 Å². The van der Waals surface area contributed by atoms with Crippen LogP contribution in [0.2, 0.25) is 0 Å². The zero-order valence-corrected chi connectivity index (χ0v) is 21.3. The molecule has 2 N–H and O–H groups in total. The van der Waals surface area contributed by atoms with Crippen LogP contribution in [0.5, 0.6) is 11.6 Å². The molecule has 9 heteroatoms. The fourth-order valence-electron chi connectivity index (χ4n) is 3.31. The fourth-order valence-corrected chi connectivity index (χ4v) is 3.31. The second-order valence-corrected chi connectivity index (χ2v) is 8.02. The van der Waals surface area contributed by atoms with Crippen molar-refractivity contribution >= 4 is 29.9 Å². The molecular formula is C23H33FIN5O2. The van der Waals surface area contributed by atoms with Gasteiger partial charge < -0.3 is 20.1 Å². The van der Waals surface area contributed by atoms with Crippen molar-refractivity contribution in [2.24, 2.45) is 4.99 Å². The first kappa shape index (κ1) is 26.3. The highest BCUT2D eigenvalue weighted by atomic mass is 127. The number of pyridine rings is 1. The van der Waals surface area contributed by atoms with Gasteiger partial charge in [-0.2, -0.15) is 0 Å². The molecule has 1 saturated heterocycles. The summed E-state index contributed by atoms with van der Waals surface area (Å²) in [6.45, 7) is 12.0. The predicted molar refractivity (Wildman–Crippen MR) is 135 cm³/mol. The molecule has 1 aromatic heterocycles. The maximum Gasteiger partial charge on any atom is 0.219 e. The number of rotatable bonds is 8. The van der Waals surface area contributed by atoms with Gasteiger partial charge in [0.05, 0.1) is 19.8 Å². The summed E-state index contributed by atoms with van der Waals surface area (Å²) in [4.78, 5) is 11.4. The molecule has 2 aromatic rings. The van der Waals surface area contributed by atoms with E-state index in [1.54, 1.807) is 24.4 Å². The Balaban J connectivity index is 0.00000363. The summed E-state index contributed by atoms with van der Waals surface area (Å²) in [5.41, 5.74) is 0.952. The van der Waals surface area contributed by atoms with E-state index in [1.165, 1.54) is 12.1 Å². The maximum absolute atomic E-state index is 13.3. The summed E-state index contributed by atoms with van der Waals surface area (Å²) in [6.07, 6.45) is 1.72. The molecule has 0 unspecified atom stereocenters. The number of aromatic nitrogens is 1. The smallest absolute Gasteiger partial charge is 0.219 e. The Morgan fingerprint density at radius 2 is 2.00 bits per heavy atom. The molecule has 0 spiro atoms. The number of nitrogens with one attached hydrogen (secondary N) is 2. The Morgan fingerprint density at radius 3 is 2.66 bits per heavy atom. The van der Waals surface area contributed by atoms with Crippen LogP contribution in [0, 0.1) is 5.82 Å². The van der Waals surface area contributed by atoms with E-state index in [0.29, 0.717) is 18.2 Å². The van der Waals surface area contributed by atoms with E-state index >= 15 is 0 Å². The van der Waals surface area contributed by atoms with Gasteiger partial charge >= 0.3 is 0 Å². The Bertz CT molecular complexity index is 858. The fraction of sp³-hybridized carbons (Fsp3) is 0.478. The SMILES string of the molecule is CCNC(=NCc1ccc(Oc2cccc(F)c2)nc1)NCC(C)(C)N1CCOCC1.I. The number of benzene rings is 1. The first-order valence-corrected chi connectivity index (χ1v) is 10.7. The van der Waals surface area contributed by atoms with Gasteiger partial charge in [0.25, 0.3) is 0 Å². The highest BCUT2D eigenvalue weighted by Crippen LogP contribution is 2.20. The summed E-state index contributed by atoms with van der Waals surface area (Å²) in [6, 6.07) is 9.66. The van der Waals surface area contributed by atoms with Crippen molar-refractivity contribution in [1.29, 1.82) is 0 Å². The maximum atomic E-state index is 13.3. The van der Waals surface area contributed by atoms with Gasteiger partial charge in [-0.25, -0.2) is 14.4 Å². The average molecular weight is 557 g/mol. The minimum absolute atomic E-state index is 0. The number of morpholine rings is 1.